The molecule has 0 radical (unpaired) electrons. The molecule has 1 saturated carbocycles. The van der Waals surface area contributed by atoms with Gasteiger partial charge in [-0.25, -0.2) is 13.8 Å². The monoisotopic (exact) mass is 399 g/mol. The lowest BCUT2D eigenvalue weighted by Gasteiger charge is -2.12. The summed E-state index contributed by atoms with van der Waals surface area (Å²) >= 11 is 2.14. The minimum Gasteiger partial charge on any atom is -0.383 e. The highest BCUT2D eigenvalue weighted by Gasteiger charge is 2.13. The number of unbranched alkanes of at least 4 members (excludes halogenated alkanes) is 1. The molecular weight excluding hydrogens is 376 g/mol. The predicted octanol–water partition coefficient (Wildman–Crippen LogP) is 4.66. The first kappa shape index (κ1) is 19.3. The average Bonchev–Trinajstić information content (AvgIpc) is 3.33. The smallest absolute Gasteiger partial charge is 0.212 e. The third-order valence-electron chi connectivity index (χ3n) is 4.34. The van der Waals surface area contributed by atoms with Crippen LogP contribution in [0.5, 0.6) is 0 Å². The number of nitrogens with zero attached hydrogens (tertiary/aromatic N) is 2. The van der Waals surface area contributed by atoms with Crippen molar-refractivity contribution >= 4 is 34.3 Å². The van der Waals surface area contributed by atoms with Crippen molar-refractivity contribution in [1.29, 1.82) is 0 Å². The Morgan fingerprint density at radius 3 is 2.69 bits per heavy atom. The molecule has 0 spiro atoms. The van der Waals surface area contributed by atoms with Crippen molar-refractivity contribution in [2.45, 2.75) is 49.5 Å². The predicted molar refractivity (Wildman–Crippen MR) is 104 cm³/mol. The first-order valence-corrected chi connectivity index (χ1v) is 10.5. The Bertz CT molecular complexity index is 678. The summed E-state index contributed by atoms with van der Waals surface area (Å²) in [6, 6.07) is 3.07. The van der Waals surface area contributed by atoms with E-state index in [2.05, 4.69) is 24.7 Å². The molecule has 0 saturated heterocycles. The fraction of sp³-hybridized carbons (Fsp3) is 0.529. The summed E-state index contributed by atoms with van der Waals surface area (Å²) in [4.78, 5) is 4.12. The van der Waals surface area contributed by atoms with Gasteiger partial charge >= 0.3 is 0 Å². The number of anilines is 2. The van der Waals surface area contributed by atoms with Gasteiger partial charge in [-0.1, -0.05) is 12.8 Å². The highest BCUT2D eigenvalue weighted by molar-refractivity contribution is 8.00. The normalized spacial score (nSPS) is 14.7. The molecule has 0 unspecified atom stereocenters. The Kier molecular flexibility index (Phi) is 7.45. The van der Waals surface area contributed by atoms with Gasteiger partial charge in [-0.2, -0.15) is 4.37 Å². The number of aromatic nitrogens is 2. The summed E-state index contributed by atoms with van der Waals surface area (Å²) in [5.41, 5.74) is 0.200. The number of benzene rings is 1. The number of hydrogen-bond donors (Lipinski definition) is 3. The zero-order valence-electron chi connectivity index (χ0n) is 14.4. The molecule has 1 aromatic carbocycles. The van der Waals surface area contributed by atoms with Crippen LogP contribution in [0.25, 0.3) is 0 Å². The van der Waals surface area contributed by atoms with Gasteiger partial charge in [-0.05, 0) is 50.2 Å². The van der Waals surface area contributed by atoms with Crippen LogP contribution in [-0.4, -0.2) is 28.5 Å². The van der Waals surface area contributed by atoms with Crippen molar-refractivity contribution < 1.29 is 8.78 Å². The van der Waals surface area contributed by atoms with E-state index in [1.54, 1.807) is 0 Å². The van der Waals surface area contributed by atoms with Crippen LogP contribution in [-0.2, 0) is 0 Å². The van der Waals surface area contributed by atoms with Gasteiger partial charge in [0.15, 0.2) is 0 Å². The molecule has 0 bridgehead atoms. The van der Waals surface area contributed by atoms with Crippen LogP contribution < -0.4 is 15.4 Å². The van der Waals surface area contributed by atoms with Crippen molar-refractivity contribution in [1.82, 2.24) is 14.7 Å². The lowest BCUT2D eigenvalue weighted by molar-refractivity contribution is 0.510. The molecule has 9 heteroatoms. The molecule has 1 aromatic heterocycles. The van der Waals surface area contributed by atoms with Crippen molar-refractivity contribution in [3.63, 3.8) is 0 Å². The van der Waals surface area contributed by atoms with E-state index < -0.39 is 11.6 Å². The topological polar surface area (TPSA) is 61.9 Å². The zero-order valence-corrected chi connectivity index (χ0v) is 16.1. The van der Waals surface area contributed by atoms with E-state index in [4.69, 9.17) is 0 Å². The summed E-state index contributed by atoms with van der Waals surface area (Å²) < 4.78 is 35.0. The maximum Gasteiger partial charge on any atom is 0.212 e. The molecule has 3 N–H and O–H groups in total. The second kappa shape index (κ2) is 10.0. The van der Waals surface area contributed by atoms with E-state index in [0.29, 0.717) is 17.7 Å². The molecule has 26 heavy (non-hydrogen) atoms. The second-order valence-corrected chi connectivity index (χ2v) is 7.91. The summed E-state index contributed by atoms with van der Waals surface area (Å²) in [7, 11) is 0. The average molecular weight is 400 g/mol. The molecule has 1 fully saturated rings. The van der Waals surface area contributed by atoms with Gasteiger partial charge in [0, 0.05) is 30.2 Å². The molecule has 2 aromatic rings. The lowest BCUT2D eigenvalue weighted by Crippen LogP contribution is -2.27. The summed E-state index contributed by atoms with van der Waals surface area (Å²) in [5, 5.41) is 7.08. The van der Waals surface area contributed by atoms with Gasteiger partial charge in [0.1, 0.15) is 18.0 Å². The van der Waals surface area contributed by atoms with Crippen LogP contribution >= 0.6 is 23.5 Å². The van der Waals surface area contributed by atoms with E-state index in [1.807, 2.05) is 0 Å². The fourth-order valence-corrected chi connectivity index (χ4v) is 4.10. The first-order chi connectivity index (χ1) is 12.7. The highest BCUT2D eigenvalue weighted by atomic mass is 32.2. The summed E-state index contributed by atoms with van der Waals surface area (Å²) in [6.07, 6.45) is 8.55. The van der Waals surface area contributed by atoms with Crippen LogP contribution in [0.4, 0.5) is 19.6 Å². The van der Waals surface area contributed by atoms with Gasteiger partial charge in [-0.3, -0.25) is 0 Å². The minimum atomic E-state index is -0.473. The maximum atomic E-state index is 14.2. The molecular formula is C17H23F2N5S2. The summed E-state index contributed by atoms with van der Waals surface area (Å²) in [5.74, 6) is -0.934. The highest BCUT2D eigenvalue weighted by Crippen LogP contribution is 2.28. The summed E-state index contributed by atoms with van der Waals surface area (Å²) in [6.45, 7) is 1.61. The van der Waals surface area contributed by atoms with E-state index >= 15 is 0 Å². The van der Waals surface area contributed by atoms with Gasteiger partial charge in [-0.15, -0.1) is 0 Å². The van der Waals surface area contributed by atoms with Gasteiger partial charge < -0.3 is 15.4 Å². The largest absolute Gasteiger partial charge is 0.383 e. The second-order valence-electron chi connectivity index (χ2n) is 6.28. The Balaban J connectivity index is 1.39. The SMILES string of the molecule is Fc1cc(SNc2ncns2)c(F)cc1NCCCCNC1CCCC1. The van der Waals surface area contributed by atoms with E-state index in [9.17, 15) is 8.78 Å². The quantitative estimate of drug-likeness (QED) is 0.399. The van der Waals surface area contributed by atoms with E-state index in [-0.39, 0.29) is 10.6 Å². The van der Waals surface area contributed by atoms with E-state index in [0.717, 1.165) is 42.9 Å². The van der Waals surface area contributed by atoms with Crippen LogP contribution in [0.15, 0.2) is 23.4 Å². The standard InChI is InChI=1S/C17H23F2N5S2/c18-13-10-16(25-24-17-22-11-23-26-17)14(19)9-15(13)21-8-4-3-7-20-12-5-1-2-6-12/h9-12,20-21H,1-8H2,(H,22,23,24). The van der Waals surface area contributed by atoms with Crippen molar-refractivity contribution in [2.75, 3.05) is 23.1 Å². The lowest BCUT2D eigenvalue weighted by atomic mass is 10.2. The maximum absolute atomic E-state index is 14.2. The number of halogens is 2. The van der Waals surface area contributed by atoms with Crippen LogP contribution in [0.1, 0.15) is 38.5 Å². The molecule has 1 aliphatic carbocycles. The Labute approximate surface area is 160 Å². The zero-order chi connectivity index (χ0) is 18.2. The molecule has 142 valence electrons. The van der Waals surface area contributed by atoms with Crippen molar-refractivity contribution in [2.24, 2.45) is 0 Å². The van der Waals surface area contributed by atoms with E-state index in [1.165, 1.54) is 44.1 Å². The molecule has 0 atom stereocenters. The van der Waals surface area contributed by atoms with Gasteiger partial charge in [0.2, 0.25) is 5.13 Å². The molecule has 0 aliphatic heterocycles. The Hall–Kier alpha value is -1.45. The minimum absolute atomic E-state index is 0.184. The molecule has 3 rings (SSSR count). The number of hydrogen-bond acceptors (Lipinski definition) is 7. The molecule has 5 nitrogen and oxygen atoms in total. The van der Waals surface area contributed by atoms with Crippen LogP contribution in [0, 0.1) is 11.6 Å². The van der Waals surface area contributed by atoms with Crippen LogP contribution in [0.3, 0.4) is 0 Å². The Morgan fingerprint density at radius 2 is 1.92 bits per heavy atom. The first-order valence-electron chi connectivity index (χ1n) is 8.88. The van der Waals surface area contributed by atoms with Crippen LogP contribution in [0.2, 0.25) is 0 Å². The van der Waals surface area contributed by atoms with Gasteiger partial charge in [0.25, 0.3) is 0 Å². The Morgan fingerprint density at radius 1 is 1.12 bits per heavy atom. The number of rotatable bonds is 10. The van der Waals surface area contributed by atoms with Crippen molar-refractivity contribution in [3.8, 4) is 0 Å². The van der Waals surface area contributed by atoms with Gasteiger partial charge in [0.05, 0.1) is 10.6 Å². The third kappa shape index (κ3) is 5.78. The third-order valence-corrected chi connectivity index (χ3v) is 5.88. The molecule has 1 heterocycles. The molecule has 1 aliphatic rings. The fourth-order valence-electron chi connectivity index (χ4n) is 2.97. The number of nitrogens with one attached hydrogen (secondary N) is 3. The molecule has 0 amide bonds. The van der Waals surface area contributed by atoms with Crippen molar-refractivity contribution in [3.05, 3.63) is 30.1 Å².